The maximum atomic E-state index is 7.15. The minimum atomic E-state index is -2.32. The van der Waals surface area contributed by atoms with E-state index in [0.717, 1.165) is 11.3 Å². The monoisotopic (exact) mass is 133 g/mol. The molecule has 1 nitrogen and oxygen atoms in total. The first-order chi connectivity index (χ1) is 6.12. The normalized spacial score (nSPS) is 24.1. The lowest BCUT2D eigenvalue weighted by atomic mass is 10.4. The lowest BCUT2D eigenvalue weighted by molar-refractivity contribution is 1.18. The summed E-state index contributed by atoms with van der Waals surface area (Å²) in [6.45, 7) is -3.09. The van der Waals surface area contributed by atoms with Crippen molar-refractivity contribution in [3.63, 3.8) is 0 Å². The van der Waals surface area contributed by atoms with Crippen LogP contribution < -0.4 is 0 Å². The van der Waals surface area contributed by atoms with Gasteiger partial charge in [0.2, 0.25) is 0 Å². The van der Waals surface area contributed by atoms with Gasteiger partial charge in [-0.1, -0.05) is 0 Å². The van der Waals surface area contributed by atoms with Crippen LogP contribution in [-0.4, -0.2) is 4.98 Å². The van der Waals surface area contributed by atoms with Crippen LogP contribution in [0.4, 0.5) is 0 Å². The molecular weight excluding hydrogens is 118 g/mol. The summed E-state index contributed by atoms with van der Waals surface area (Å²) >= 11 is 0.737. The van der Waals surface area contributed by atoms with Gasteiger partial charge in [0, 0.05) is 13.1 Å². The molecule has 0 spiro atoms. The van der Waals surface area contributed by atoms with Crippen LogP contribution in [0.1, 0.15) is 23.8 Å². The van der Waals surface area contributed by atoms with E-state index in [9.17, 15) is 0 Å². The van der Waals surface area contributed by atoms with Gasteiger partial charge < -0.3 is 0 Å². The van der Waals surface area contributed by atoms with E-state index in [0.29, 0.717) is 0 Å². The van der Waals surface area contributed by atoms with E-state index in [1.165, 1.54) is 6.92 Å². The number of aromatic nitrogens is 1. The zero-order valence-electron chi connectivity index (χ0n) is 10.4. The highest BCUT2D eigenvalue weighted by atomic mass is 32.1. The number of hydrogen-bond acceptors (Lipinski definition) is 2. The third-order valence-corrected chi connectivity index (χ3v) is 1.58. The summed E-state index contributed by atoms with van der Waals surface area (Å²) in [4.78, 5) is 3.80. The molecule has 44 valence electrons. The number of hydrogen-bond donors (Lipinski definition) is 0. The summed E-state index contributed by atoms with van der Waals surface area (Å²) in [7, 11) is 0. The van der Waals surface area contributed by atoms with Crippen molar-refractivity contribution in [1.29, 1.82) is 0 Å². The van der Waals surface area contributed by atoms with Crippen LogP contribution in [0.3, 0.4) is 0 Å². The Balaban J connectivity index is 3.19. The second-order valence-corrected chi connectivity index (χ2v) is 2.43. The van der Waals surface area contributed by atoms with Gasteiger partial charge in [0.25, 0.3) is 0 Å². The summed E-state index contributed by atoms with van der Waals surface area (Å²) in [5.74, 6) is 0. The van der Waals surface area contributed by atoms with E-state index in [1.807, 2.05) is 0 Å². The van der Waals surface area contributed by atoms with Gasteiger partial charge in [-0.3, -0.25) is 0 Å². The Kier molecular flexibility index (Phi) is 0.420. The molecule has 1 aromatic heterocycles. The molecule has 0 atom stereocenters. The minimum Gasteiger partial charge on any atom is -0.247 e. The van der Waals surface area contributed by atoms with Gasteiger partial charge in [-0.15, -0.1) is 11.3 Å². The summed E-state index contributed by atoms with van der Waals surface area (Å²) in [6.07, 6.45) is 0. The maximum Gasteiger partial charge on any atom is 0.0899 e. The van der Waals surface area contributed by atoms with Crippen LogP contribution in [0.2, 0.25) is 0 Å². The van der Waals surface area contributed by atoms with Crippen LogP contribution in [-0.2, 0) is 0 Å². The maximum absolute atomic E-state index is 7.15. The second-order valence-electron chi connectivity index (χ2n) is 1.43. The van der Waals surface area contributed by atoms with Crippen molar-refractivity contribution in [1.82, 2.24) is 4.98 Å². The first-order valence-electron chi connectivity index (χ1n) is 5.11. The third-order valence-electron chi connectivity index (χ3n) is 0.797. The lowest BCUT2D eigenvalue weighted by Crippen LogP contribution is -1.71. The average molecular weight is 133 g/mol. The van der Waals surface area contributed by atoms with Crippen LogP contribution in [0.25, 0.3) is 0 Å². The Bertz CT molecular complexity index is 335. The molecule has 1 heterocycles. The van der Waals surface area contributed by atoms with Gasteiger partial charge in [-0.25, -0.2) is 4.98 Å². The Morgan fingerprint density at radius 3 is 2.88 bits per heavy atom. The van der Waals surface area contributed by atoms with Crippen molar-refractivity contribution in [3.05, 3.63) is 15.6 Å². The Labute approximate surface area is 61.8 Å². The number of aryl methyl sites for hydroxylation is 3. The predicted molar refractivity (Wildman–Crippen MR) is 36.3 cm³/mol. The topological polar surface area (TPSA) is 12.9 Å². The van der Waals surface area contributed by atoms with E-state index >= 15 is 0 Å². The van der Waals surface area contributed by atoms with E-state index in [-0.39, 0.29) is 15.6 Å². The Morgan fingerprint density at radius 2 is 2.50 bits per heavy atom. The fraction of sp³-hybridized carbons (Fsp3) is 0.500. The quantitative estimate of drug-likeness (QED) is 0.528. The SMILES string of the molecule is [2H]C([2H])([2H])c1nc(C)c(C([2H])([2H])[2H])s1. The van der Waals surface area contributed by atoms with Gasteiger partial charge in [0.05, 0.1) is 10.7 Å². The van der Waals surface area contributed by atoms with Gasteiger partial charge in [0.15, 0.2) is 0 Å². The fourth-order valence-corrected chi connectivity index (χ4v) is 0.966. The summed E-state index contributed by atoms with van der Waals surface area (Å²) in [5.41, 5.74) is 0.279. The zero-order valence-corrected chi connectivity index (χ0v) is 5.17. The highest BCUT2D eigenvalue weighted by molar-refractivity contribution is 7.11. The van der Waals surface area contributed by atoms with Gasteiger partial charge in [-0.2, -0.15) is 0 Å². The molecule has 0 bridgehead atoms. The van der Waals surface area contributed by atoms with Crippen molar-refractivity contribution in [2.24, 2.45) is 0 Å². The summed E-state index contributed by atoms with van der Waals surface area (Å²) in [6, 6.07) is 0. The molecule has 0 aromatic carbocycles. The number of nitrogens with zero attached hydrogens (tertiary/aromatic N) is 1. The predicted octanol–water partition coefficient (Wildman–Crippen LogP) is 2.07. The lowest BCUT2D eigenvalue weighted by Gasteiger charge is -1.77. The minimum absolute atomic E-state index is 0.0589. The molecule has 0 aliphatic rings. The molecule has 0 fully saturated rings. The number of thiazole rings is 1. The Morgan fingerprint density at radius 1 is 1.62 bits per heavy atom. The molecule has 0 aliphatic carbocycles. The molecule has 0 saturated carbocycles. The largest absolute Gasteiger partial charge is 0.247 e. The van der Waals surface area contributed by atoms with E-state index < -0.39 is 13.7 Å². The molecule has 0 aliphatic heterocycles. The molecule has 2 heteroatoms. The molecule has 8 heavy (non-hydrogen) atoms. The molecule has 0 N–H and O–H groups in total. The van der Waals surface area contributed by atoms with Crippen molar-refractivity contribution in [2.75, 3.05) is 0 Å². The molecule has 0 saturated heterocycles. The van der Waals surface area contributed by atoms with Gasteiger partial charge in [0.1, 0.15) is 0 Å². The van der Waals surface area contributed by atoms with E-state index in [2.05, 4.69) is 4.98 Å². The van der Waals surface area contributed by atoms with Crippen molar-refractivity contribution < 1.29 is 8.22 Å². The molecule has 1 rings (SSSR count). The van der Waals surface area contributed by atoms with Gasteiger partial charge in [-0.05, 0) is 20.6 Å². The van der Waals surface area contributed by atoms with Crippen molar-refractivity contribution in [2.45, 2.75) is 20.6 Å². The second kappa shape index (κ2) is 1.86. The number of rotatable bonds is 0. The third kappa shape index (κ3) is 0.892. The van der Waals surface area contributed by atoms with E-state index in [1.54, 1.807) is 0 Å². The Hall–Kier alpha value is -0.370. The molecular formula is C6H9NS. The zero-order chi connectivity index (χ0) is 11.1. The molecule has 0 radical (unpaired) electrons. The van der Waals surface area contributed by atoms with Crippen LogP contribution in [0, 0.1) is 20.6 Å². The highest BCUT2D eigenvalue weighted by Gasteiger charge is 1.95. The molecule has 1 aromatic rings. The van der Waals surface area contributed by atoms with Crippen molar-refractivity contribution in [3.8, 4) is 0 Å². The smallest absolute Gasteiger partial charge is 0.0899 e. The van der Waals surface area contributed by atoms with E-state index in [4.69, 9.17) is 8.22 Å². The van der Waals surface area contributed by atoms with Gasteiger partial charge >= 0.3 is 0 Å². The van der Waals surface area contributed by atoms with Crippen LogP contribution in [0.5, 0.6) is 0 Å². The molecule has 0 unspecified atom stereocenters. The van der Waals surface area contributed by atoms with Crippen molar-refractivity contribution >= 4 is 11.3 Å². The summed E-state index contributed by atoms with van der Waals surface area (Å²) in [5, 5.41) is -0.110. The summed E-state index contributed by atoms with van der Waals surface area (Å²) < 4.78 is 42.7. The van der Waals surface area contributed by atoms with Crippen LogP contribution >= 0.6 is 11.3 Å². The average Bonchev–Trinajstić information content (AvgIpc) is 2.27. The fourth-order valence-electron chi connectivity index (χ4n) is 0.396. The molecule has 0 amide bonds. The standard InChI is InChI=1S/C6H9NS/c1-4-5(2)8-6(3)7-4/h1-3H3/i2D3,3D3. The first-order valence-corrected chi connectivity index (χ1v) is 2.92. The van der Waals surface area contributed by atoms with Crippen LogP contribution in [0.15, 0.2) is 0 Å². The first kappa shape index (κ1) is 1.81. The highest BCUT2D eigenvalue weighted by Crippen LogP contribution is 2.14.